The zero-order valence-corrected chi connectivity index (χ0v) is 22.2. The van der Waals surface area contributed by atoms with Gasteiger partial charge in [-0.25, -0.2) is 13.2 Å². The van der Waals surface area contributed by atoms with E-state index in [1.165, 1.54) is 19.2 Å². The number of carboxylic acid groups (broad SMARTS) is 1. The number of carboxylic acids is 1. The molecule has 1 unspecified atom stereocenters. The number of amides is 1. The van der Waals surface area contributed by atoms with Crippen molar-refractivity contribution in [2.24, 2.45) is 0 Å². The first-order valence-corrected chi connectivity index (χ1v) is 13.9. The summed E-state index contributed by atoms with van der Waals surface area (Å²) in [6.45, 7) is 0.449. The minimum absolute atomic E-state index is 0.0133. The van der Waals surface area contributed by atoms with E-state index in [1.54, 1.807) is 60.7 Å². The van der Waals surface area contributed by atoms with Crippen LogP contribution in [0.3, 0.4) is 0 Å². The van der Waals surface area contributed by atoms with Crippen LogP contribution in [0.2, 0.25) is 0 Å². The number of nitriles is 1. The van der Waals surface area contributed by atoms with Crippen molar-refractivity contribution in [1.29, 1.82) is 5.26 Å². The lowest BCUT2D eigenvalue weighted by Crippen LogP contribution is -2.62. The fourth-order valence-corrected chi connectivity index (χ4v) is 6.85. The minimum atomic E-state index is -4.12. The van der Waals surface area contributed by atoms with Gasteiger partial charge in [0.1, 0.15) is 11.8 Å². The summed E-state index contributed by atoms with van der Waals surface area (Å²) in [5.74, 6) is -1.58. The van der Waals surface area contributed by atoms with Crippen LogP contribution in [0.1, 0.15) is 24.0 Å². The van der Waals surface area contributed by atoms with Crippen molar-refractivity contribution in [2.45, 2.75) is 34.9 Å². The van der Waals surface area contributed by atoms with Gasteiger partial charge in [0.2, 0.25) is 5.91 Å². The number of carbonyl (C=O) groups is 2. The van der Waals surface area contributed by atoms with Crippen LogP contribution in [0.5, 0.6) is 5.75 Å². The second-order valence-corrected chi connectivity index (χ2v) is 11.6. The lowest BCUT2D eigenvalue weighted by molar-refractivity contribution is -0.142. The summed E-state index contributed by atoms with van der Waals surface area (Å²) < 4.78 is 30.9. The van der Waals surface area contributed by atoms with Crippen molar-refractivity contribution in [3.8, 4) is 22.9 Å². The normalized spacial score (nSPS) is 17.9. The number of carbonyl (C=O) groups excluding carboxylic acids is 1. The molecule has 10 heteroatoms. The van der Waals surface area contributed by atoms with Crippen LogP contribution >= 0.6 is 0 Å². The number of sulfone groups is 1. The molecule has 1 saturated heterocycles. The molecule has 3 aromatic carbocycles. The number of nitrogens with zero attached hydrogens (tertiary/aromatic N) is 1. The lowest BCUT2D eigenvalue weighted by Gasteiger charge is -2.36. The van der Waals surface area contributed by atoms with Crippen LogP contribution in [0.15, 0.2) is 77.7 Å². The molecule has 9 nitrogen and oxygen atoms in total. The number of rotatable bonds is 9. The average Bonchev–Trinajstić information content (AvgIpc) is 2.97. The SMILES string of the molecule is COc1cccc(C#N)c1-c1ccc(C[C@H](NC(=O)C2(S(=O)(=O)c3ccccc3)CCCNC2)C(=O)O)cc1. The molecule has 1 heterocycles. The number of hydrogen-bond acceptors (Lipinski definition) is 7. The monoisotopic (exact) mass is 547 g/mol. The summed E-state index contributed by atoms with van der Waals surface area (Å²) in [6.07, 6.45) is 0.462. The third-order valence-electron chi connectivity index (χ3n) is 6.98. The molecule has 39 heavy (non-hydrogen) atoms. The predicted molar refractivity (Wildman–Crippen MR) is 145 cm³/mol. The van der Waals surface area contributed by atoms with Crippen LogP contribution < -0.4 is 15.4 Å². The van der Waals surface area contributed by atoms with E-state index in [0.29, 0.717) is 41.0 Å². The summed E-state index contributed by atoms with van der Waals surface area (Å²) in [6, 6.07) is 20.6. The molecule has 1 aliphatic heterocycles. The molecule has 1 aliphatic rings. The molecule has 0 aliphatic carbocycles. The Labute approximate surface area is 227 Å². The molecular formula is C29H29N3O6S. The van der Waals surface area contributed by atoms with Gasteiger partial charge < -0.3 is 20.5 Å². The Morgan fingerprint density at radius 3 is 2.41 bits per heavy atom. The molecule has 0 radical (unpaired) electrons. The molecule has 0 spiro atoms. The number of hydrogen-bond donors (Lipinski definition) is 3. The van der Waals surface area contributed by atoms with Gasteiger partial charge in [-0.2, -0.15) is 5.26 Å². The quantitative estimate of drug-likeness (QED) is 0.371. The van der Waals surface area contributed by atoms with E-state index in [1.807, 2.05) is 0 Å². The number of ether oxygens (including phenoxy) is 1. The first-order chi connectivity index (χ1) is 18.7. The number of aliphatic carboxylic acids is 1. The topological polar surface area (TPSA) is 146 Å². The summed E-state index contributed by atoms with van der Waals surface area (Å²) in [5, 5.41) is 25.0. The van der Waals surface area contributed by atoms with Crippen LogP contribution in [0.4, 0.5) is 0 Å². The van der Waals surface area contributed by atoms with Crippen molar-refractivity contribution < 1.29 is 27.9 Å². The highest BCUT2D eigenvalue weighted by molar-refractivity contribution is 7.93. The van der Waals surface area contributed by atoms with Crippen molar-refractivity contribution in [1.82, 2.24) is 10.6 Å². The first-order valence-electron chi connectivity index (χ1n) is 12.4. The van der Waals surface area contributed by atoms with E-state index in [2.05, 4.69) is 16.7 Å². The van der Waals surface area contributed by atoms with Gasteiger partial charge in [0.05, 0.1) is 23.6 Å². The second-order valence-electron chi connectivity index (χ2n) is 9.35. The largest absolute Gasteiger partial charge is 0.496 e. The predicted octanol–water partition coefficient (Wildman–Crippen LogP) is 2.94. The molecule has 0 bridgehead atoms. The zero-order chi connectivity index (χ0) is 28.0. The minimum Gasteiger partial charge on any atom is -0.496 e. The highest BCUT2D eigenvalue weighted by Gasteiger charge is 2.52. The van der Waals surface area contributed by atoms with Gasteiger partial charge in [-0.15, -0.1) is 0 Å². The van der Waals surface area contributed by atoms with E-state index in [4.69, 9.17) is 4.74 Å². The molecule has 3 aromatic rings. The maximum Gasteiger partial charge on any atom is 0.326 e. The van der Waals surface area contributed by atoms with E-state index in [0.717, 1.165) is 0 Å². The van der Waals surface area contributed by atoms with E-state index in [9.17, 15) is 28.4 Å². The van der Waals surface area contributed by atoms with E-state index < -0.39 is 32.5 Å². The molecule has 0 aromatic heterocycles. The van der Waals surface area contributed by atoms with Gasteiger partial charge in [-0.3, -0.25) is 4.79 Å². The van der Waals surface area contributed by atoms with Gasteiger partial charge >= 0.3 is 5.97 Å². The number of nitrogens with one attached hydrogen (secondary N) is 2. The third kappa shape index (κ3) is 5.50. The van der Waals surface area contributed by atoms with Crippen LogP contribution in [0, 0.1) is 11.3 Å². The molecule has 3 N–H and O–H groups in total. The number of methoxy groups -OCH3 is 1. The lowest BCUT2D eigenvalue weighted by atomic mass is 9.95. The first kappa shape index (κ1) is 27.8. The Hall–Kier alpha value is -4.20. The van der Waals surface area contributed by atoms with Gasteiger partial charge in [-0.1, -0.05) is 48.5 Å². The fourth-order valence-electron chi connectivity index (χ4n) is 4.87. The summed E-state index contributed by atoms with van der Waals surface area (Å²) >= 11 is 0. The molecule has 1 fully saturated rings. The number of piperidine rings is 1. The van der Waals surface area contributed by atoms with E-state index in [-0.39, 0.29) is 24.3 Å². The van der Waals surface area contributed by atoms with Crippen LogP contribution in [0.25, 0.3) is 11.1 Å². The van der Waals surface area contributed by atoms with Crippen molar-refractivity contribution in [2.75, 3.05) is 20.2 Å². The maximum atomic E-state index is 13.7. The van der Waals surface area contributed by atoms with Gasteiger partial charge in [0.25, 0.3) is 0 Å². The van der Waals surface area contributed by atoms with Crippen molar-refractivity contribution >= 4 is 21.7 Å². The molecule has 0 saturated carbocycles. The van der Waals surface area contributed by atoms with Gasteiger partial charge in [0.15, 0.2) is 14.6 Å². The molecule has 1 amide bonds. The van der Waals surface area contributed by atoms with Crippen molar-refractivity contribution in [3.05, 3.63) is 83.9 Å². The van der Waals surface area contributed by atoms with Crippen LogP contribution in [-0.4, -0.2) is 56.4 Å². The summed E-state index contributed by atoms with van der Waals surface area (Å²) in [4.78, 5) is 25.8. The Kier molecular flexibility index (Phi) is 8.33. The molecular weight excluding hydrogens is 518 g/mol. The summed E-state index contributed by atoms with van der Waals surface area (Å²) in [5.41, 5.74) is 2.38. The zero-order valence-electron chi connectivity index (χ0n) is 21.4. The Balaban J connectivity index is 1.59. The highest BCUT2D eigenvalue weighted by Crippen LogP contribution is 2.34. The van der Waals surface area contributed by atoms with E-state index >= 15 is 0 Å². The van der Waals surface area contributed by atoms with Crippen LogP contribution in [-0.2, 0) is 25.8 Å². The fraction of sp³-hybridized carbons (Fsp3) is 0.276. The van der Waals surface area contributed by atoms with Crippen molar-refractivity contribution in [3.63, 3.8) is 0 Å². The standard InChI is InChI=1S/C29H29N3O6S/c1-38-25-10-5-7-22(18-30)26(25)21-13-11-20(12-14-21)17-24(27(33)34)32-28(35)29(15-6-16-31-19-29)39(36,37)23-8-3-2-4-9-23/h2-5,7-14,24,31H,6,15-17,19H2,1H3,(H,32,35)(H,33,34)/t24-,29?/m0/s1. The Bertz CT molecular complexity index is 1490. The second kappa shape index (κ2) is 11.7. The molecule has 4 rings (SSSR count). The Morgan fingerprint density at radius 2 is 1.82 bits per heavy atom. The van der Waals surface area contributed by atoms with Gasteiger partial charge in [-0.05, 0) is 54.8 Å². The number of benzene rings is 3. The van der Waals surface area contributed by atoms with Gasteiger partial charge in [0, 0.05) is 18.5 Å². The Morgan fingerprint density at radius 1 is 1.10 bits per heavy atom. The summed E-state index contributed by atoms with van der Waals surface area (Å²) in [7, 11) is -2.61. The third-order valence-corrected chi connectivity index (χ3v) is 9.43. The molecule has 202 valence electrons. The smallest absolute Gasteiger partial charge is 0.326 e. The molecule has 2 atom stereocenters. The average molecular weight is 548 g/mol. The maximum absolute atomic E-state index is 13.7. The highest BCUT2D eigenvalue weighted by atomic mass is 32.2.